The molecule has 2 aliphatic heterocycles. The largest absolute Gasteiger partial charge is 0.493 e. The van der Waals surface area contributed by atoms with Crippen LogP contribution in [-0.4, -0.2) is 60.8 Å². The number of fused-ring (bicyclic) bond motifs is 2. The van der Waals surface area contributed by atoms with E-state index in [1.165, 1.54) is 6.07 Å². The normalized spacial score (nSPS) is 21.9. The molecule has 0 N–H and O–H groups in total. The summed E-state index contributed by atoms with van der Waals surface area (Å²) in [5.41, 5.74) is -1.89. The van der Waals surface area contributed by atoms with Crippen molar-refractivity contribution in [2.75, 3.05) is 12.9 Å². The Balaban J connectivity index is 1.32. The van der Waals surface area contributed by atoms with Crippen molar-refractivity contribution in [1.29, 1.82) is 0 Å². The molecule has 2 heterocycles. The Labute approximate surface area is 268 Å². The van der Waals surface area contributed by atoms with E-state index in [0.717, 1.165) is 12.1 Å². The van der Waals surface area contributed by atoms with E-state index in [1.807, 2.05) is 4.90 Å². The topological polar surface area (TPSA) is 93.2 Å². The van der Waals surface area contributed by atoms with Crippen LogP contribution in [0.4, 0.5) is 35.1 Å². The standard InChI is InChI=1S/C29H27ClF8N2O6S/c1-47(43,44)40(46-27(42)29(36,37)38)26(41)21-9-16(15-2-3-15)10-23(25(21)32)45-13-14-6-19-4-5-20(7-14)39(19)12-17-8-18(28(33,34)35)11-22(30)24(17)31/h8-11,14-15,19-20H,2-7,12-13H2,1H3. The number of halogens is 9. The van der Waals surface area contributed by atoms with Crippen LogP contribution in [0.5, 0.6) is 5.75 Å². The predicted molar refractivity (Wildman–Crippen MR) is 149 cm³/mol. The molecule has 8 nitrogen and oxygen atoms in total. The summed E-state index contributed by atoms with van der Waals surface area (Å²) in [5.74, 6) is -8.03. The molecule has 3 fully saturated rings. The smallest absolute Gasteiger partial charge is 0.490 e. The highest BCUT2D eigenvalue weighted by molar-refractivity contribution is 7.88. The summed E-state index contributed by atoms with van der Waals surface area (Å²) in [5, 5.41) is -0.642. The number of rotatable bonds is 8. The Bertz CT molecular complexity index is 1670. The molecule has 0 radical (unpaired) electrons. The van der Waals surface area contributed by atoms with E-state index >= 15 is 4.39 Å². The number of carbonyl (C=O) groups excluding carboxylic acids is 2. The van der Waals surface area contributed by atoms with Gasteiger partial charge in [0, 0.05) is 24.2 Å². The predicted octanol–water partition coefficient (Wildman–Crippen LogP) is 6.76. The number of alkyl halides is 6. The van der Waals surface area contributed by atoms with Crippen LogP contribution >= 0.6 is 11.6 Å². The van der Waals surface area contributed by atoms with Gasteiger partial charge in [-0.25, -0.2) is 22.0 Å². The number of nitrogens with zero attached hydrogens (tertiary/aromatic N) is 2. The first-order chi connectivity index (χ1) is 21.7. The van der Waals surface area contributed by atoms with Gasteiger partial charge in [0.15, 0.2) is 11.6 Å². The fraction of sp³-hybridized carbons (Fsp3) is 0.517. The van der Waals surface area contributed by atoms with Crippen LogP contribution in [0.25, 0.3) is 0 Å². The summed E-state index contributed by atoms with van der Waals surface area (Å²) < 4.78 is 138. The van der Waals surface area contributed by atoms with Crippen LogP contribution in [0, 0.1) is 17.6 Å². The summed E-state index contributed by atoms with van der Waals surface area (Å²) in [7, 11) is -4.95. The summed E-state index contributed by atoms with van der Waals surface area (Å²) in [6.07, 6.45) is -6.57. The van der Waals surface area contributed by atoms with Gasteiger partial charge in [-0.1, -0.05) is 16.1 Å². The number of carbonyl (C=O) groups is 2. The van der Waals surface area contributed by atoms with Crippen molar-refractivity contribution in [2.24, 2.45) is 5.92 Å². The zero-order valence-electron chi connectivity index (χ0n) is 24.4. The third kappa shape index (κ3) is 7.77. The molecular weight excluding hydrogens is 692 g/mol. The van der Waals surface area contributed by atoms with Gasteiger partial charge in [0.2, 0.25) is 0 Å². The van der Waals surface area contributed by atoms with Gasteiger partial charge in [0.05, 0.1) is 29.0 Å². The van der Waals surface area contributed by atoms with Crippen molar-refractivity contribution in [3.8, 4) is 5.75 Å². The molecule has 18 heteroatoms. The maximum Gasteiger partial charge on any atom is 0.493 e. The molecule has 2 bridgehead atoms. The van der Waals surface area contributed by atoms with Crippen LogP contribution in [-0.2, 0) is 32.4 Å². The molecule has 0 spiro atoms. The van der Waals surface area contributed by atoms with Gasteiger partial charge < -0.3 is 9.57 Å². The first kappa shape index (κ1) is 35.1. The van der Waals surface area contributed by atoms with Gasteiger partial charge in [-0.15, -0.1) is 0 Å². The zero-order valence-corrected chi connectivity index (χ0v) is 26.0. The molecule has 1 saturated carbocycles. The fourth-order valence-corrected chi connectivity index (χ4v) is 6.97. The number of hydroxylamine groups is 1. The van der Waals surface area contributed by atoms with Gasteiger partial charge in [-0.05, 0) is 80.2 Å². The number of hydrogen-bond acceptors (Lipinski definition) is 7. The second-order valence-electron chi connectivity index (χ2n) is 12.0. The molecule has 2 atom stereocenters. The van der Waals surface area contributed by atoms with Crippen LogP contribution in [0.1, 0.15) is 71.5 Å². The SMILES string of the molecule is CS(=O)(=O)N(OC(=O)C(F)(F)F)C(=O)c1cc(C2CC2)cc(OCC2CC3CCC(C2)N3Cc2cc(C(F)(F)F)cc(Cl)c2F)c1F. The number of sulfonamides is 1. The van der Waals surface area contributed by atoms with E-state index in [4.69, 9.17) is 16.3 Å². The minimum absolute atomic E-state index is 0.0951. The maximum absolute atomic E-state index is 15.7. The summed E-state index contributed by atoms with van der Waals surface area (Å²) in [6.45, 7) is -0.209. The Hall–Kier alpha value is -3.18. The van der Waals surface area contributed by atoms with Crippen LogP contribution in [0.2, 0.25) is 5.02 Å². The van der Waals surface area contributed by atoms with Crippen molar-refractivity contribution in [2.45, 2.75) is 75.4 Å². The molecule has 2 unspecified atom stereocenters. The molecule has 1 amide bonds. The lowest BCUT2D eigenvalue weighted by molar-refractivity contribution is -0.216. The summed E-state index contributed by atoms with van der Waals surface area (Å²) >= 11 is 5.75. The molecular formula is C29H27ClF8N2O6S. The average Bonchev–Trinajstić information content (AvgIpc) is 3.77. The molecule has 3 aliphatic rings. The third-order valence-electron chi connectivity index (χ3n) is 8.45. The van der Waals surface area contributed by atoms with Crippen molar-refractivity contribution >= 4 is 33.5 Å². The van der Waals surface area contributed by atoms with E-state index in [0.29, 0.717) is 56.4 Å². The molecule has 2 saturated heterocycles. The highest BCUT2D eigenvalue weighted by Crippen LogP contribution is 2.44. The van der Waals surface area contributed by atoms with Crippen molar-refractivity contribution in [1.82, 2.24) is 9.37 Å². The van der Waals surface area contributed by atoms with Crippen molar-refractivity contribution < 1.29 is 62.7 Å². The minimum atomic E-state index is -5.66. The van der Waals surface area contributed by atoms with E-state index in [2.05, 4.69) is 4.84 Å². The molecule has 0 aromatic heterocycles. The minimum Gasteiger partial charge on any atom is -0.490 e. The highest BCUT2D eigenvalue weighted by atomic mass is 35.5. The van der Waals surface area contributed by atoms with Crippen molar-refractivity contribution in [3.05, 3.63) is 63.2 Å². The molecule has 1 aliphatic carbocycles. The first-order valence-corrected chi connectivity index (χ1v) is 16.6. The van der Waals surface area contributed by atoms with Gasteiger partial charge in [-0.2, -0.15) is 26.3 Å². The second kappa shape index (κ2) is 12.7. The number of ether oxygens (including phenoxy) is 1. The highest BCUT2D eigenvalue weighted by Gasteiger charge is 2.46. The van der Waals surface area contributed by atoms with E-state index < -0.39 is 72.3 Å². The number of benzene rings is 2. The number of hydrogen-bond donors (Lipinski definition) is 0. The second-order valence-corrected chi connectivity index (χ2v) is 14.2. The average molecular weight is 719 g/mol. The van der Waals surface area contributed by atoms with E-state index in [-0.39, 0.29) is 42.6 Å². The quantitative estimate of drug-likeness (QED) is 0.220. The first-order valence-electron chi connectivity index (χ1n) is 14.3. The Morgan fingerprint density at radius 3 is 2.11 bits per heavy atom. The van der Waals surface area contributed by atoms with Gasteiger partial charge in [0.1, 0.15) is 5.82 Å². The monoisotopic (exact) mass is 718 g/mol. The van der Waals surface area contributed by atoms with Crippen molar-refractivity contribution in [3.63, 3.8) is 0 Å². The van der Waals surface area contributed by atoms with E-state index in [1.54, 1.807) is 0 Å². The Kier molecular flexibility index (Phi) is 9.49. The lowest BCUT2D eigenvalue weighted by atomic mass is 9.90. The lowest BCUT2D eigenvalue weighted by Crippen LogP contribution is -2.43. The fourth-order valence-electron chi connectivity index (χ4n) is 6.13. The van der Waals surface area contributed by atoms with Gasteiger partial charge in [-0.3, -0.25) is 9.69 Å². The van der Waals surface area contributed by atoms with Crippen LogP contribution in [0.15, 0.2) is 24.3 Å². The number of amides is 1. The summed E-state index contributed by atoms with van der Waals surface area (Å²) in [6, 6.07) is 3.21. The van der Waals surface area contributed by atoms with E-state index in [9.17, 15) is 48.7 Å². The summed E-state index contributed by atoms with van der Waals surface area (Å²) in [4.78, 5) is 30.1. The van der Waals surface area contributed by atoms with Crippen LogP contribution < -0.4 is 4.74 Å². The molecule has 47 heavy (non-hydrogen) atoms. The molecule has 2 aromatic rings. The molecule has 258 valence electrons. The lowest BCUT2D eigenvalue weighted by Gasteiger charge is -2.39. The van der Waals surface area contributed by atoms with Gasteiger partial charge >= 0.3 is 24.2 Å². The molecule has 5 rings (SSSR count). The zero-order chi connectivity index (χ0) is 34.6. The Morgan fingerprint density at radius 1 is 0.957 bits per heavy atom. The third-order valence-corrected chi connectivity index (χ3v) is 9.56. The van der Waals surface area contributed by atoms with Crippen LogP contribution in [0.3, 0.4) is 0 Å². The molecule has 2 aromatic carbocycles. The van der Waals surface area contributed by atoms with Gasteiger partial charge in [0.25, 0.3) is 10.0 Å². The maximum atomic E-state index is 15.7. The number of piperidine rings is 1. The Morgan fingerprint density at radius 2 is 1.57 bits per heavy atom.